The summed E-state index contributed by atoms with van der Waals surface area (Å²) in [5.74, 6) is 1.91. The van der Waals surface area contributed by atoms with Gasteiger partial charge in [0.25, 0.3) is 0 Å². The molecule has 0 spiro atoms. The van der Waals surface area contributed by atoms with Crippen LogP contribution in [-0.2, 0) is 4.74 Å². The second-order valence-corrected chi connectivity index (χ2v) is 7.48. The van der Waals surface area contributed by atoms with Crippen molar-refractivity contribution in [2.24, 2.45) is 0 Å². The molecule has 0 saturated carbocycles. The van der Waals surface area contributed by atoms with Crippen molar-refractivity contribution in [3.05, 3.63) is 60.7 Å². The standard InChI is InChI=1S/C25H29N3O3/c1-2-31-24-6-4-3-5-22(24)20-17-23(19-7-9-21(29)10-8-19)27-25(18-20)26-11-12-28-13-15-30-16-14-28/h3-10,17-18,29H,2,11-16H2,1H3,(H,26,27). The lowest BCUT2D eigenvalue weighted by Gasteiger charge is -2.26. The molecule has 0 bridgehead atoms. The molecule has 1 fully saturated rings. The Kier molecular flexibility index (Phi) is 7.02. The summed E-state index contributed by atoms with van der Waals surface area (Å²) in [7, 11) is 0. The number of hydrogen-bond acceptors (Lipinski definition) is 6. The average Bonchev–Trinajstić information content (AvgIpc) is 2.81. The Morgan fingerprint density at radius 1 is 1.03 bits per heavy atom. The van der Waals surface area contributed by atoms with Crippen LogP contribution in [0.25, 0.3) is 22.4 Å². The minimum absolute atomic E-state index is 0.241. The van der Waals surface area contributed by atoms with E-state index in [9.17, 15) is 5.11 Å². The number of rotatable bonds is 8. The maximum atomic E-state index is 9.66. The van der Waals surface area contributed by atoms with Crippen LogP contribution in [-0.4, -0.2) is 61.0 Å². The summed E-state index contributed by atoms with van der Waals surface area (Å²) < 4.78 is 11.3. The predicted molar refractivity (Wildman–Crippen MR) is 124 cm³/mol. The Hall–Kier alpha value is -3.09. The smallest absolute Gasteiger partial charge is 0.127 e. The average molecular weight is 420 g/mol. The minimum Gasteiger partial charge on any atom is -0.508 e. The van der Waals surface area contributed by atoms with Crippen molar-refractivity contribution < 1.29 is 14.6 Å². The van der Waals surface area contributed by atoms with Crippen molar-refractivity contribution in [1.82, 2.24) is 9.88 Å². The van der Waals surface area contributed by atoms with Crippen LogP contribution in [0.5, 0.6) is 11.5 Å². The number of para-hydroxylation sites is 1. The van der Waals surface area contributed by atoms with E-state index >= 15 is 0 Å². The molecule has 1 aliphatic heterocycles. The number of morpholine rings is 1. The molecule has 1 aliphatic rings. The highest BCUT2D eigenvalue weighted by Crippen LogP contribution is 2.34. The maximum Gasteiger partial charge on any atom is 0.127 e. The van der Waals surface area contributed by atoms with E-state index in [2.05, 4.69) is 28.4 Å². The minimum atomic E-state index is 0.241. The molecule has 2 aromatic carbocycles. The first-order valence-corrected chi connectivity index (χ1v) is 10.8. The van der Waals surface area contributed by atoms with Gasteiger partial charge in [-0.1, -0.05) is 18.2 Å². The fraction of sp³-hybridized carbons (Fsp3) is 0.320. The summed E-state index contributed by atoms with van der Waals surface area (Å²) in [4.78, 5) is 7.23. The topological polar surface area (TPSA) is 66.9 Å². The molecule has 0 amide bonds. The molecule has 2 N–H and O–H groups in total. The van der Waals surface area contributed by atoms with Crippen molar-refractivity contribution in [3.8, 4) is 33.9 Å². The Morgan fingerprint density at radius 2 is 1.81 bits per heavy atom. The fourth-order valence-electron chi connectivity index (χ4n) is 3.71. The van der Waals surface area contributed by atoms with Gasteiger partial charge in [0.05, 0.1) is 25.5 Å². The SMILES string of the molecule is CCOc1ccccc1-c1cc(NCCN2CCOCC2)nc(-c2ccc(O)cc2)c1. The van der Waals surface area contributed by atoms with Gasteiger partial charge in [0.15, 0.2) is 0 Å². The van der Waals surface area contributed by atoms with E-state index in [0.29, 0.717) is 6.61 Å². The summed E-state index contributed by atoms with van der Waals surface area (Å²) in [6.07, 6.45) is 0. The van der Waals surface area contributed by atoms with Crippen molar-refractivity contribution in [2.75, 3.05) is 51.3 Å². The number of benzene rings is 2. The number of nitrogens with zero attached hydrogens (tertiary/aromatic N) is 2. The highest BCUT2D eigenvalue weighted by molar-refractivity contribution is 5.77. The van der Waals surface area contributed by atoms with Crippen LogP contribution < -0.4 is 10.1 Å². The van der Waals surface area contributed by atoms with Gasteiger partial charge in [-0.3, -0.25) is 4.90 Å². The van der Waals surface area contributed by atoms with Crippen LogP contribution in [0.1, 0.15) is 6.92 Å². The molecular weight excluding hydrogens is 390 g/mol. The lowest BCUT2D eigenvalue weighted by molar-refractivity contribution is 0.0398. The number of aromatic nitrogens is 1. The zero-order chi connectivity index (χ0) is 21.5. The number of hydrogen-bond donors (Lipinski definition) is 2. The van der Waals surface area contributed by atoms with Crippen LogP contribution in [0.4, 0.5) is 5.82 Å². The summed E-state index contributed by atoms with van der Waals surface area (Å²) in [6, 6.07) is 19.3. The first-order valence-electron chi connectivity index (χ1n) is 10.8. The molecule has 3 aromatic rings. The van der Waals surface area contributed by atoms with Crippen LogP contribution in [0.15, 0.2) is 60.7 Å². The van der Waals surface area contributed by atoms with Gasteiger partial charge in [-0.15, -0.1) is 0 Å². The number of anilines is 1. The quantitative estimate of drug-likeness (QED) is 0.569. The number of phenols is 1. The third-order valence-corrected chi connectivity index (χ3v) is 5.32. The van der Waals surface area contributed by atoms with Gasteiger partial charge in [0, 0.05) is 37.3 Å². The van der Waals surface area contributed by atoms with E-state index in [1.54, 1.807) is 12.1 Å². The normalized spacial score (nSPS) is 14.4. The lowest BCUT2D eigenvalue weighted by atomic mass is 10.0. The Labute approximate surface area is 183 Å². The molecule has 6 nitrogen and oxygen atoms in total. The van der Waals surface area contributed by atoms with E-state index < -0.39 is 0 Å². The lowest BCUT2D eigenvalue weighted by Crippen LogP contribution is -2.39. The van der Waals surface area contributed by atoms with Gasteiger partial charge in [-0.2, -0.15) is 0 Å². The van der Waals surface area contributed by atoms with Crippen LogP contribution in [0.2, 0.25) is 0 Å². The third kappa shape index (κ3) is 5.54. The number of ether oxygens (including phenoxy) is 2. The summed E-state index contributed by atoms with van der Waals surface area (Å²) in [5, 5.41) is 13.2. The first kappa shape index (κ1) is 21.2. The summed E-state index contributed by atoms with van der Waals surface area (Å²) >= 11 is 0. The van der Waals surface area contributed by atoms with Crippen LogP contribution in [0, 0.1) is 0 Å². The number of phenolic OH excluding ortho intramolecular Hbond substituents is 1. The fourth-order valence-corrected chi connectivity index (χ4v) is 3.71. The molecule has 31 heavy (non-hydrogen) atoms. The first-order chi connectivity index (χ1) is 15.2. The molecule has 2 heterocycles. The highest BCUT2D eigenvalue weighted by atomic mass is 16.5. The largest absolute Gasteiger partial charge is 0.508 e. The van der Waals surface area contributed by atoms with Crippen LogP contribution in [0.3, 0.4) is 0 Å². The van der Waals surface area contributed by atoms with Gasteiger partial charge in [0.1, 0.15) is 17.3 Å². The predicted octanol–water partition coefficient (Wildman–Crippen LogP) is 4.26. The zero-order valence-electron chi connectivity index (χ0n) is 17.9. The van der Waals surface area contributed by atoms with E-state index in [-0.39, 0.29) is 5.75 Å². The molecule has 4 rings (SSSR count). The van der Waals surface area contributed by atoms with Crippen LogP contribution >= 0.6 is 0 Å². The molecule has 1 aromatic heterocycles. The molecule has 162 valence electrons. The van der Waals surface area contributed by atoms with Crippen molar-refractivity contribution in [2.45, 2.75) is 6.92 Å². The third-order valence-electron chi connectivity index (χ3n) is 5.32. The van der Waals surface area contributed by atoms with Gasteiger partial charge in [-0.05, 0) is 55.0 Å². The van der Waals surface area contributed by atoms with E-state index in [1.165, 1.54) is 0 Å². The van der Waals surface area contributed by atoms with E-state index in [4.69, 9.17) is 14.5 Å². The van der Waals surface area contributed by atoms with E-state index in [0.717, 1.165) is 73.3 Å². The Bertz CT molecular complexity index is 986. The van der Waals surface area contributed by atoms with Crippen molar-refractivity contribution in [1.29, 1.82) is 0 Å². The van der Waals surface area contributed by atoms with Gasteiger partial charge < -0.3 is 19.9 Å². The molecule has 0 radical (unpaired) electrons. The molecule has 0 unspecified atom stereocenters. The number of aromatic hydroxyl groups is 1. The number of nitrogens with one attached hydrogen (secondary N) is 1. The summed E-state index contributed by atoms with van der Waals surface area (Å²) in [6.45, 7) is 7.88. The van der Waals surface area contributed by atoms with E-state index in [1.807, 2.05) is 37.3 Å². The Balaban J connectivity index is 1.63. The summed E-state index contributed by atoms with van der Waals surface area (Å²) in [5.41, 5.74) is 3.86. The monoisotopic (exact) mass is 419 g/mol. The molecular formula is C25H29N3O3. The maximum absolute atomic E-state index is 9.66. The molecule has 1 saturated heterocycles. The van der Waals surface area contributed by atoms with Crippen molar-refractivity contribution >= 4 is 5.82 Å². The Morgan fingerprint density at radius 3 is 2.58 bits per heavy atom. The van der Waals surface area contributed by atoms with Gasteiger partial charge in [0.2, 0.25) is 0 Å². The molecule has 6 heteroatoms. The second kappa shape index (κ2) is 10.3. The molecule has 0 aliphatic carbocycles. The second-order valence-electron chi connectivity index (χ2n) is 7.48. The van der Waals surface area contributed by atoms with Gasteiger partial charge in [-0.25, -0.2) is 4.98 Å². The number of pyridine rings is 1. The van der Waals surface area contributed by atoms with Gasteiger partial charge >= 0.3 is 0 Å². The van der Waals surface area contributed by atoms with Crippen molar-refractivity contribution in [3.63, 3.8) is 0 Å². The molecule has 0 atom stereocenters. The highest BCUT2D eigenvalue weighted by Gasteiger charge is 2.13. The zero-order valence-corrected chi connectivity index (χ0v) is 17.9.